The van der Waals surface area contributed by atoms with Crippen LogP contribution in [0, 0.1) is 0 Å². The molecule has 0 saturated carbocycles. The second kappa shape index (κ2) is 11.6. The molecule has 6 aromatic heterocycles. The Labute approximate surface area is 270 Å². The minimum atomic E-state index is 0.613. The molecule has 0 aliphatic rings. The first kappa shape index (κ1) is 27.8. The number of hydrogen-bond acceptors (Lipinski definition) is 7. The van der Waals surface area contributed by atoms with Gasteiger partial charge in [-0.25, -0.2) is 15.0 Å². The van der Waals surface area contributed by atoms with E-state index < -0.39 is 0 Å². The average Bonchev–Trinajstić information content (AvgIpc) is 3.62. The number of nitrogens with two attached hydrogens (primary N) is 1. The molecule has 0 spiro atoms. The monoisotopic (exact) mass is 611 g/mol. The number of para-hydroxylation sites is 2. The van der Waals surface area contributed by atoms with E-state index in [2.05, 4.69) is 60.6 Å². The lowest BCUT2D eigenvalue weighted by Gasteiger charge is -2.14. The van der Waals surface area contributed by atoms with Crippen LogP contribution in [-0.4, -0.2) is 29.1 Å². The molecule has 0 saturated heterocycles. The van der Waals surface area contributed by atoms with Crippen LogP contribution in [0.2, 0.25) is 0 Å². The third-order valence-electron chi connectivity index (χ3n) is 8.13. The summed E-state index contributed by atoms with van der Waals surface area (Å²) in [5.41, 5.74) is 11.5. The summed E-state index contributed by atoms with van der Waals surface area (Å²) in [5.74, 6) is 3.43. The van der Waals surface area contributed by atoms with Crippen molar-refractivity contribution < 1.29 is 0 Å². The van der Waals surface area contributed by atoms with Crippen LogP contribution in [-0.2, 0) is 0 Å². The minimum Gasteiger partial charge on any atom is -0.405 e. The fraction of sp³-hybridized carbons (Fsp3) is 0. The van der Waals surface area contributed by atoms with Gasteiger partial charge in [0.05, 0.1) is 34.1 Å². The second-order valence-corrected chi connectivity index (χ2v) is 10.9. The highest BCUT2D eigenvalue weighted by Gasteiger charge is 2.17. The van der Waals surface area contributed by atoms with Crippen molar-refractivity contribution in [3.8, 4) is 11.6 Å². The van der Waals surface area contributed by atoms with Gasteiger partial charge in [-0.3, -0.25) is 14.1 Å². The SMILES string of the molecule is C=Cc1c(/C=C\N)c2ccccc2n1-c1cccc(Nc2cccnc2Nc2cccc(-n3c4ccccc4c4ccncc43)n2)n1. The van der Waals surface area contributed by atoms with Crippen molar-refractivity contribution in [1.82, 2.24) is 29.1 Å². The van der Waals surface area contributed by atoms with Gasteiger partial charge < -0.3 is 16.4 Å². The summed E-state index contributed by atoms with van der Waals surface area (Å²) in [6.45, 7) is 4.08. The first-order valence-electron chi connectivity index (χ1n) is 15.1. The van der Waals surface area contributed by atoms with Gasteiger partial charge in [-0.2, -0.15) is 0 Å². The van der Waals surface area contributed by atoms with Gasteiger partial charge in [0.2, 0.25) is 0 Å². The Balaban J connectivity index is 1.14. The van der Waals surface area contributed by atoms with Gasteiger partial charge in [-0.05, 0) is 72.9 Å². The fourth-order valence-corrected chi connectivity index (χ4v) is 6.17. The number of nitrogens with one attached hydrogen (secondary N) is 2. The molecule has 6 heterocycles. The fourth-order valence-electron chi connectivity index (χ4n) is 6.17. The zero-order valence-corrected chi connectivity index (χ0v) is 25.2. The van der Waals surface area contributed by atoms with Gasteiger partial charge in [-0.15, -0.1) is 0 Å². The smallest absolute Gasteiger partial charge is 0.155 e. The molecule has 9 nitrogen and oxygen atoms in total. The van der Waals surface area contributed by atoms with Gasteiger partial charge in [0.1, 0.15) is 23.3 Å². The molecule has 4 N–H and O–H groups in total. The summed E-state index contributed by atoms with van der Waals surface area (Å²) < 4.78 is 4.22. The van der Waals surface area contributed by atoms with Gasteiger partial charge in [0, 0.05) is 34.1 Å². The third kappa shape index (κ3) is 4.83. The van der Waals surface area contributed by atoms with Crippen LogP contribution in [0.1, 0.15) is 11.3 Å². The summed E-state index contributed by atoms with van der Waals surface area (Å²) in [6.07, 6.45) is 10.7. The zero-order chi connectivity index (χ0) is 31.7. The number of fused-ring (bicyclic) bond motifs is 4. The molecule has 0 fully saturated rings. The Kier molecular flexibility index (Phi) is 6.88. The maximum absolute atomic E-state index is 5.81. The molecular formula is C38H29N9. The van der Waals surface area contributed by atoms with Crippen LogP contribution < -0.4 is 16.4 Å². The summed E-state index contributed by atoms with van der Waals surface area (Å²) in [6, 6.07) is 34.1. The van der Waals surface area contributed by atoms with E-state index in [9.17, 15) is 0 Å². The van der Waals surface area contributed by atoms with Crippen LogP contribution >= 0.6 is 0 Å². The van der Waals surface area contributed by atoms with Crippen molar-refractivity contribution in [1.29, 1.82) is 0 Å². The van der Waals surface area contributed by atoms with Gasteiger partial charge >= 0.3 is 0 Å². The molecule has 9 heteroatoms. The first-order valence-corrected chi connectivity index (χ1v) is 15.1. The first-order chi connectivity index (χ1) is 23.2. The topological polar surface area (TPSA) is 111 Å². The van der Waals surface area contributed by atoms with E-state index in [-0.39, 0.29) is 0 Å². The molecule has 0 aliphatic carbocycles. The molecular weight excluding hydrogens is 582 g/mol. The molecule has 8 rings (SSSR count). The zero-order valence-electron chi connectivity index (χ0n) is 25.2. The van der Waals surface area contributed by atoms with Crippen LogP contribution in [0.3, 0.4) is 0 Å². The third-order valence-corrected chi connectivity index (χ3v) is 8.13. The van der Waals surface area contributed by atoms with Crippen LogP contribution in [0.5, 0.6) is 0 Å². The van der Waals surface area contributed by atoms with Crippen LogP contribution in [0.25, 0.3) is 56.5 Å². The lowest BCUT2D eigenvalue weighted by atomic mass is 10.1. The summed E-state index contributed by atoms with van der Waals surface area (Å²) in [7, 11) is 0. The molecule has 2 aromatic carbocycles. The van der Waals surface area contributed by atoms with E-state index in [0.717, 1.165) is 61.3 Å². The maximum Gasteiger partial charge on any atom is 0.155 e. The Bertz CT molecular complexity index is 2420. The average molecular weight is 612 g/mol. The molecule has 0 bridgehead atoms. The van der Waals surface area contributed by atoms with Gasteiger partial charge in [0.25, 0.3) is 0 Å². The molecule has 8 aromatic rings. The van der Waals surface area contributed by atoms with E-state index in [1.54, 1.807) is 12.4 Å². The van der Waals surface area contributed by atoms with Gasteiger partial charge in [-0.1, -0.05) is 55.1 Å². The molecule has 226 valence electrons. The number of benzene rings is 2. The Morgan fingerprint density at radius 3 is 2.09 bits per heavy atom. The number of rotatable bonds is 8. The number of hydrogen-bond donors (Lipinski definition) is 3. The van der Waals surface area contributed by atoms with E-state index in [0.29, 0.717) is 17.5 Å². The summed E-state index contributed by atoms with van der Waals surface area (Å²) in [4.78, 5) is 19.0. The summed E-state index contributed by atoms with van der Waals surface area (Å²) >= 11 is 0. The maximum atomic E-state index is 5.81. The number of aromatic nitrogens is 6. The van der Waals surface area contributed by atoms with Crippen molar-refractivity contribution >= 4 is 68.0 Å². The second-order valence-electron chi connectivity index (χ2n) is 10.9. The number of anilines is 4. The van der Waals surface area contributed by atoms with E-state index in [1.807, 2.05) is 103 Å². The normalized spacial score (nSPS) is 11.5. The molecule has 0 amide bonds. The highest BCUT2D eigenvalue weighted by Crippen LogP contribution is 2.33. The van der Waals surface area contributed by atoms with E-state index >= 15 is 0 Å². The Morgan fingerprint density at radius 1 is 0.638 bits per heavy atom. The molecule has 0 radical (unpaired) electrons. The molecule has 0 aliphatic heterocycles. The molecule has 0 unspecified atom stereocenters. The van der Waals surface area contributed by atoms with Crippen LogP contribution in [0.4, 0.5) is 23.1 Å². The molecule has 0 atom stereocenters. The van der Waals surface area contributed by atoms with Crippen molar-refractivity contribution in [2.24, 2.45) is 5.73 Å². The quantitative estimate of drug-likeness (QED) is 0.158. The predicted molar refractivity (Wildman–Crippen MR) is 192 cm³/mol. The highest BCUT2D eigenvalue weighted by atomic mass is 15.2. The van der Waals surface area contributed by atoms with Crippen molar-refractivity contribution in [2.75, 3.05) is 10.6 Å². The minimum absolute atomic E-state index is 0.613. The Morgan fingerprint density at radius 2 is 1.32 bits per heavy atom. The lowest BCUT2D eigenvalue weighted by molar-refractivity contribution is 1.03. The van der Waals surface area contributed by atoms with Crippen molar-refractivity contribution in [3.63, 3.8) is 0 Å². The van der Waals surface area contributed by atoms with Crippen molar-refractivity contribution in [3.05, 3.63) is 146 Å². The van der Waals surface area contributed by atoms with Gasteiger partial charge in [0.15, 0.2) is 5.82 Å². The summed E-state index contributed by atoms with van der Waals surface area (Å²) in [5, 5.41) is 10.2. The lowest BCUT2D eigenvalue weighted by Crippen LogP contribution is -2.05. The van der Waals surface area contributed by atoms with Crippen LogP contribution in [0.15, 0.2) is 134 Å². The number of nitrogens with zero attached hydrogens (tertiary/aromatic N) is 6. The largest absolute Gasteiger partial charge is 0.405 e. The predicted octanol–water partition coefficient (Wildman–Crippen LogP) is 8.37. The molecule has 47 heavy (non-hydrogen) atoms. The highest BCUT2D eigenvalue weighted by molar-refractivity contribution is 6.08. The number of pyridine rings is 4. The Hall–Kier alpha value is -6.74. The van der Waals surface area contributed by atoms with E-state index in [1.165, 1.54) is 0 Å². The van der Waals surface area contributed by atoms with Crippen molar-refractivity contribution in [2.45, 2.75) is 0 Å². The standard InChI is InChI=1S/C38H29N9/c1-2-30-27(19-21-39)25-10-3-5-13-31(25)46(30)36-17-7-15-34(43-36)42-29-12-9-22-41-38(29)45-35-16-8-18-37(44-35)47-32-14-6-4-11-26(32)28-20-23-40-24-33(28)47/h2-24H,1,39H2,(H,42,43)(H,41,44,45)/b21-19-. The van der Waals surface area contributed by atoms with E-state index in [4.69, 9.17) is 15.7 Å².